The number of amides is 1. The number of hydrogen-bond acceptors (Lipinski definition) is 2. The SMILES string of the molecule is Cc1nn(-c2ccccc2)c(C)c1/C=C/C(=O)N(C)Cc1ccc(F)cc1. The summed E-state index contributed by atoms with van der Waals surface area (Å²) in [6.07, 6.45) is 3.36. The van der Waals surface area contributed by atoms with Crippen molar-refractivity contribution in [2.75, 3.05) is 7.05 Å². The van der Waals surface area contributed by atoms with Gasteiger partial charge in [0.05, 0.1) is 11.4 Å². The summed E-state index contributed by atoms with van der Waals surface area (Å²) >= 11 is 0. The minimum atomic E-state index is -0.283. The molecular weight excluding hydrogens is 341 g/mol. The molecule has 0 bridgehead atoms. The van der Waals surface area contributed by atoms with E-state index in [0.717, 1.165) is 28.2 Å². The van der Waals surface area contributed by atoms with Crippen LogP contribution >= 0.6 is 0 Å². The van der Waals surface area contributed by atoms with Crippen molar-refractivity contribution >= 4 is 12.0 Å². The van der Waals surface area contributed by atoms with Crippen molar-refractivity contribution < 1.29 is 9.18 Å². The second-order valence-corrected chi connectivity index (χ2v) is 6.49. The third-order valence-corrected chi connectivity index (χ3v) is 4.45. The average Bonchev–Trinajstić information content (AvgIpc) is 2.96. The molecule has 0 aliphatic rings. The molecule has 27 heavy (non-hydrogen) atoms. The van der Waals surface area contributed by atoms with E-state index in [9.17, 15) is 9.18 Å². The van der Waals surface area contributed by atoms with Crippen LogP contribution in [0.25, 0.3) is 11.8 Å². The normalized spacial score (nSPS) is 11.1. The fraction of sp³-hybridized carbons (Fsp3) is 0.182. The number of nitrogens with zero attached hydrogens (tertiary/aromatic N) is 3. The van der Waals surface area contributed by atoms with E-state index in [-0.39, 0.29) is 11.7 Å². The minimum Gasteiger partial charge on any atom is -0.338 e. The van der Waals surface area contributed by atoms with Gasteiger partial charge in [0.2, 0.25) is 5.91 Å². The molecule has 138 valence electrons. The molecule has 1 aromatic heterocycles. The van der Waals surface area contributed by atoms with Gasteiger partial charge in [0, 0.05) is 30.9 Å². The quantitative estimate of drug-likeness (QED) is 0.634. The van der Waals surface area contributed by atoms with E-state index >= 15 is 0 Å². The molecule has 0 aliphatic heterocycles. The van der Waals surface area contributed by atoms with Crippen molar-refractivity contribution in [1.82, 2.24) is 14.7 Å². The summed E-state index contributed by atoms with van der Waals surface area (Å²) in [4.78, 5) is 14.0. The predicted octanol–water partition coefficient (Wildman–Crippen LogP) is 4.30. The van der Waals surface area contributed by atoms with Gasteiger partial charge >= 0.3 is 0 Å². The van der Waals surface area contributed by atoms with E-state index in [1.807, 2.05) is 48.9 Å². The summed E-state index contributed by atoms with van der Waals surface area (Å²) < 4.78 is 14.9. The van der Waals surface area contributed by atoms with Gasteiger partial charge in [0.1, 0.15) is 5.82 Å². The molecule has 1 heterocycles. The second kappa shape index (κ2) is 7.99. The number of benzene rings is 2. The lowest BCUT2D eigenvalue weighted by Crippen LogP contribution is -2.24. The fourth-order valence-electron chi connectivity index (χ4n) is 2.94. The van der Waals surface area contributed by atoms with Gasteiger partial charge in [-0.1, -0.05) is 30.3 Å². The molecule has 0 saturated heterocycles. The Morgan fingerprint density at radius 2 is 1.78 bits per heavy atom. The Morgan fingerprint density at radius 1 is 1.11 bits per heavy atom. The number of hydrogen-bond donors (Lipinski definition) is 0. The Labute approximate surface area is 158 Å². The second-order valence-electron chi connectivity index (χ2n) is 6.49. The fourth-order valence-corrected chi connectivity index (χ4v) is 2.94. The third-order valence-electron chi connectivity index (χ3n) is 4.45. The van der Waals surface area contributed by atoms with Gasteiger partial charge in [-0.2, -0.15) is 5.10 Å². The molecule has 3 aromatic rings. The number of aryl methyl sites for hydroxylation is 1. The van der Waals surface area contributed by atoms with Crippen molar-refractivity contribution in [3.8, 4) is 5.69 Å². The zero-order valence-electron chi connectivity index (χ0n) is 15.7. The first-order chi connectivity index (χ1) is 13.0. The van der Waals surface area contributed by atoms with Crippen LogP contribution in [0, 0.1) is 19.7 Å². The Bertz CT molecular complexity index is 959. The molecule has 0 saturated carbocycles. The van der Waals surface area contributed by atoms with Crippen LogP contribution in [0.2, 0.25) is 0 Å². The summed E-state index contributed by atoms with van der Waals surface area (Å²) in [6.45, 7) is 4.34. The van der Waals surface area contributed by atoms with Crippen LogP contribution in [0.1, 0.15) is 22.5 Å². The van der Waals surface area contributed by atoms with Crippen molar-refractivity contribution in [1.29, 1.82) is 0 Å². The van der Waals surface area contributed by atoms with Crippen LogP contribution in [-0.4, -0.2) is 27.6 Å². The Balaban J connectivity index is 1.74. The van der Waals surface area contributed by atoms with E-state index in [0.29, 0.717) is 6.54 Å². The Hall–Kier alpha value is -3.21. The lowest BCUT2D eigenvalue weighted by Gasteiger charge is -2.15. The van der Waals surface area contributed by atoms with Crippen LogP contribution < -0.4 is 0 Å². The van der Waals surface area contributed by atoms with E-state index in [1.54, 1.807) is 36.2 Å². The van der Waals surface area contributed by atoms with Crippen molar-refractivity contribution in [2.24, 2.45) is 0 Å². The van der Waals surface area contributed by atoms with Crippen LogP contribution in [0.15, 0.2) is 60.7 Å². The number of aromatic nitrogens is 2. The standard InChI is InChI=1S/C22H22FN3O/c1-16-21(17(2)26(24-16)20-7-5-4-6-8-20)13-14-22(27)25(3)15-18-9-11-19(23)12-10-18/h4-14H,15H2,1-3H3/b14-13+. The number of para-hydroxylation sites is 1. The lowest BCUT2D eigenvalue weighted by atomic mass is 10.1. The smallest absolute Gasteiger partial charge is 0.246 e. The molecule has 0 radical (unpaired) electrons. The molecular formula is C22H22FN3O. The predicted molar refractivity (Wildman–Crippen MR) is 105 cm³/mol. The highest BCUT2D eigenvalue weighted by Crippen LogP contribution is 2.19. The van der Waals surface area contributed by atoms with Gasteiger partial charge < -0.3 is 4.90 Å². The van der Waals surface area contributed by atoms with Crippen LogP contribution in [0.4, 0.5) is 4.39 Å². The largest absolute Gasteiger partial charge is 0.338 e. The highest BCUT2D eigenvalue weighted by molar-refractivity contribution is 5.91. The van der Waals surface area contributed by atoms with Gasteiger partial charge in [-0.3, -0.25) is 4.79 Å². The summed E-state index contributed by atoms with van der Waals surface area (Å²) in [5.74, 6) is -0.403. The van der Waals surface area contributed by atoms with Crippen molar-refractivity contribution in [2.45, 2.75) is 20.4 Å². The lowest BCUT2D eigenvalue weighted by molar-refractivity contribution is -0.125. The first kappa shape index (κ1) is 18.6. The average molecular weight is 363 g/mol. The highest BCUT2D eigenvalue weighted by atomic mass is 19.1. The summed E-state index contributed by atoms with van der Waals surface area (Å²) in [7, 11) is 1.73. The third kappa shape index (κ3) is 4.31. The zero-order chi connectivity index (χ0) is 19.4. The molecule has 0 N–H and O–H groups in total. The van der Waals surface area contributed by atoms with E-state index in [2.05, 4.69) is 5.10 Å². The van der Waals surface area contributed by atoms with Crippen LogP contribution in [-0.2, 0) is 11.3 Å². The number of halogens is 1. The van der Waals surface area contributed by atoms with Crippen LogP contribution in [0.5, 0.6) is 0 Å². The number of carbonyl (C=O) groups excluding carboxylic acids is 1. The summed E-state index contributed by atoms with van der Waals surface area (Å²) in [5.41, 5.74) is 4.63. The van der Waals surface area contributed by atoms with Gasteiger partial charge in [-0.25, -0.2) is 9.07 Å². The summed E-state index contributed by atoms with van der Waals surface area (Å²) in [5, 5.41) is 4.58. The van der Waals surface area contributed by atoms with Crippen molar-refractivity contribution in [3.05, 3.63) is 89.0 Å². The van der Waals surface area contributed by atoms with Gasteiger partial charge in [0.25, 0.3) is 0 Å². The maximum Gasteiger partial charge on any atom is 0.246 e. The summed E-state index contributed by atoms with van der Waals surface area (Å²) in [6, 6.07) is 16.0. The molecule has 1 amide bonds. The molecule has 0 spiro atoms. The number of likely N-dealkylation sites (N-methyl/N-ethyl adjacent to an activating group) is 1. The molecule has 4 nitrogen and oxygen atoms in total. The highest BCUT2D eigenvalue weighted by Gasteiger charge is 2.12. The molecule has 0 unspecified atom stereocenters. The molecule has 3 rings (SSSR count). The first-order valence-electron chi connectivity index (χ1n) is 8.75. The topological polar surface area (TPSA) is 38.1 Å². The maximum absolute atomic E-state index is 13.0. The van der Waals surface area contributed by atoms with Crippen molar-refractivity contribution in [3.63, 3.8) is 0 Å². The van der Waals surface area contributed by atoms with Gasteiger partial charge in [-0.05, 0) is 49.8 Å². The molecule has 0 aliphatic carbocycles. The van der Waals surface area contributed by atoms with Crippen LogP contribution in [0.3, 0.4) is 0 Å². The Kier molecular flexibility index (Phi) is 5.50. The molecule has 5 heteroatoms. The molecule has 2 aromatic carbocycles. The van der Waals surface area contributed by atoms with E-state index in [4.69, 9.17) is 0 Å². The Morgan fingerprint density at radius 3 is 2.44 bits per heavy atom. The maximum atomic E-state index is 13.0. The first-order valence-corrected chi connectivity index (χ1v) is 8.75. The molecule has 0 atom stereocenters. The monoisotopic (exact) mass is 363 g/mol. The molecule has 0 fully saturated rings. The van der Waals surface area contributed by atoms with E-state index < -0.39 is 0 Å². The van der Waals surface area contributed by atoms with Gasteiger partial charge in [0.15, 0.2) is 0 Å². The number of carbonyl (C=O) groups is 1. The van der Waals surface area contributed by atoms with Gasteiger partial charge in [-0.15, -0.1) is 0 Å². The minimum absolute atomic E-state index is 0.120. The zero-order valence-corrected chi connectivity index (χ0v) is 15.7. The van der Waals surface area contributed by atoms with E-state index in [1.165, 1.54) is 12.1 Å². The number of rotatable bonds is 5.